The van der Waals surface area contributed by atoms with E-state index < -0.39 is 17.7 Å². The lowest BCUT2D eigenvalue weighted by Gasteiger charge is -2.14. The van der Waals surface area contributed by atoms with E-state index in [-0.39, 0.29) is 6.42 Å². The number of pyridine rings is 1. The van der Waals surface area contributed by atoms with Crippen LogP contribution in [-0.4, -0.2) is 39.6 Å². The van der Waals surface area contributed by atoms with Gasteiger partial charge in [0, 0.05) is 18.0 Å². The SMILES string of the molecule is CCCc1nn(-c2ccc(C(F)(F)F)cn2)cc1CCCOc1c(CC(=O)O)cccc1OC. The highest BCUT2D eigenvalue weighted by Gasteiger charge is 2.30. The van der Waals surface area contributed by atoms with Gasteiger partial charge in [-0.05, 0) is 43.0 Å². The monoisotopic (exact) mass is 477 g/mol. The molecule has 0 aliphatic rings. The molecule has 0 spiro atoms. The lowest BCUT2D eigenvalue weighted by atomic mass is 10.1. The average Bonchev–Trinajstić information content (AvgIpc) is 3.19. The Hall–Kier alpha value is -3.56. The maximum absolute atomic E-state index is 12.8. The third kappa shape index (κ3) is 6.27. The van der Waals surface area contributed by atoms with Gasteiger partial charge in [-0.25, -0.2) is 9.67 Å². The summed E-state index contributed by atoms with van der Waals surface area (Å²) in [7, 11) is 1.49. The van der Waals surface area contributed by atoms with Gasteiger partial charge < -0.3 is 14.6 Å². The molecule has 2 heterocycles. The number of aliphatic carboxylic acids is 1. The van der Waals surface area contributed by atoms with Gasteiger partial charge in [-0.3, -0.25) is 4.79 Å². The molecule has 3 rings (SSSR count). The van der Waals surface area contributed by atoms with Crippen LogP contribution in [0.5, 0.6) is 11.5 Å². The number of aromatic nitrogens is 3. The predicted molar refractivity (Wildman–Crippen MR) is 119 cm³/mol. The Morgan fingerprint density at radius 1 is 1.15 bits per heavy atom. The Balaban J connectivity index is 1.70. The van der Waals surface area contributed by atoms with Crippen molar-refractivity contribution in [2.45, 2.75) is 45.2 Å². The largest absolute Gasteiger partial charge is 0.493 e. The maximum atomic E-state index is 12.8. The lowest BCUT2D eigenvalue weighted by molar-refractivity contribution is -0.138. The van der Waals surface area contributed by atoms with E-state index in [4.69, 9.17) is 14.6 Å². The van der Waals surface area contributed by atoms with Crippen LogP contribution in [0.15, 0.2) is 42.7 Å². The van der Waals surface area contributed by atoms with E-state index in [9.17, 15) is 18.0 Å². The molecule has 0 saturated heterocycles. The first-order valence-electron chi connectivity index (χ1n) is 10.8. The van der Waals surface area contributed by atoms with Gasteiger partial charge >= 0.3 is 12.1 Å². The molecule has 0 amide bonds. The van der Waals surface area contributed by atoms with E-state index in [1.165, 1.54) is 17.9 Å². The zero-order chi connectivity index (χ0) is 24.7. The fourth-order valence-corrected chi connectivity index (χ4v) is 3.53. The molecule has 0 fully saturated rings. The van der Waals surface area contributed by atoms with Crippen LogP contribution in [0.1, 0.15) is 42.1 Å². The van der Waals surface area contributed by atoms with E-state index in [2.05, 4.69) is 10.1 Å². The first-order chi connectivity index (χ1) is 16.2. The molecule has 10 heteroatoms. The van der Waals surface area contributed by atoms with Crippen LogP contribution in [0.3, 0.4) is 0 Å². The Morgan fingerprint density at radius 3 is 2.56 bits per heavy atom. The summed E-state index contributed by atoms with van der Waals surface area (Å²) in [5.74, 6) is 0.212. The van der Waals surface area contributed by atoms with Crippen LogP contribution >= 0.6 is 0 Å². The molecule has 0 atom stereocenters. The van der Waals surface area contributed by atoms with Crippen LogP contribution in [0.2, 0.25) is 0 Å². The van der Waals surface area contributed by atoms with E-state index in [0.717, 1.165) is 36.4 Å². The normalized spacial score (nSPS) is 11.4. The molecule has 0 aliphatic carbocycles. The molecule has 182 valence electrons. The van der Waals surface area contributed by atoms with Crippen molar-refractivity contribution in [2.75, 3.05) is 13.7 Å². The van der Waals surface area contributed by atoms with Gasteiger partial charge in [-0.2, -0.15) is 18.3 Å². The van der Waals surface area contributed by atoms with Gasteiger partial charge in [0.1, 0.15) is 0 Å². The summed E-state index contributed by atoms with van der Waals surface area (Å²) in [6.07, 6.45) is 0.776. The van der Waals surface area contributed by atoms with Gasteiger partial charge in [0.15, 0.2) is 17.3 Å². The summed E-state index contributed by atoms with van der Waals surface area (Å²) in [6, 6.07) is 7.39. The van der Waals surface area contributed by atoms with Crippen molar-refractivity contribution in [3.05, 3.63) is 65.1 Å². The molecule has 3 aromatic rings. The van der Waals surface area contributed by atoms with E-state index in [1.807, 2.05) is 6.92 Å². The minimum Gasteiger partial charge on any atom is -0.493 e. The number of ether oxygens (including phenoxy) is 2. The van der Waals surface area contributed by atoms with Gasteiger partial charge in [0.05, 0.1) is 31.4 Å². The lowest BCUT2D eigenvalue weighted by Crippen LogP contribution is -2.07. The number of hydrogen-bond donors (Lipinski definition) is 1. The van der Waals surface area contributed by atoms with E-state index in [1.54, 1.807) is 24.4 Å². The van der Waals surface area contributed by atoms with Crippen molar-refractivity contribution in [3.63, 3.8) is 0 Å². The molecule has 7 nitrogen and oxygen atoms in total. The molecule has 1 aromatic carbocycles. The van der Waals surface area contributed by atoms with Gasteiger partial charge in [0.2, 0.25) is 0 Å². The van der Waals surface area contributed by atoms with Crippen molar-refractivity contribution >= 4 is 5.97 Å². The van der Waals surface area contributed by atoms with Crippen LogP contribution in [0.4, 0.5) is 13.2 Å². The van der Waals surface area contributed by atoms with Gasteiger partial charge in [-0.15, -0.1) is 0 Å². The topological polar surface area (TPSA) is 86.5 Å². The average molecular weight is 477 g/mol. The Bertz CT molecular complexity index is 1110. The number of carbonyl (C=O) groups is 1. The number of methoxy groups -OCH3 is 1. The fourth-order valence-electron chi connectivity index (χ4n) is 3.53. The summed E-state index contributed by atoms with van der Waals surface area (Å²) >= 11 is 0. The Morgan fingerprint density at radius 2 is 1.94 bits per heavy atom. The maximum Gasteiger partial charge on any atom is 0.417 e. The number of carboxylic acids is 1. The quantitative estimate of drug-likeness (QED) is 0.396. The number of rotatable bonds is 11. The number of alkyl halides is 3. The van der Waals surface area contributed by atoms with Crippen molar-refractivity contribution in [1.82, 2.24) is 14.8 Å². The highest BCUT2D eigenvalue weighted by atomic mass is 19.4. The van der Waals surface area contributed by atoms with Gasteiger partial charge in [0.25, 0.3) is 0 Å². The molecular formula is C24H26F3N3O4. The number of aryl methyl sites for hydroxylation is 2. The number of halogens is 3. The first kappa shape index (κ1) is 25.1. The predicted octanol–water partition coefficient (Wildman–Crippen LogP) is 4.89. The molecule has 1 N–H and O–H groups in total. The summed E-state index contributed by atoms with van der Waals surface area (Å²) in [6.45, 7) is 2.34. The standard InChI is InChI=1S/C24H26F3N3O4/c1-3-6-19-17(15-30(29-19)21-11-10-18(14-28-21)24(25,26)27)8-5-12-34-23-16(13-22(31)32)7-4-9-20(23)33-2/h4,7,9-11,14-15H,3,5-6,8,12-13H2,1-2H3,(H,31,32). The number of carboxylic acid groups (broad SMARTS) is 1. The van der Waals surface area contributed by atoms with Crippen molar-refractivity contribution in [2.24, 2.45) is 0 Å². The molecule has 0 bridgehead atoms. The second-order valence-corrected chi connectivity index (χ2v) is 7.67. The smallest absolute Gasteiger partial charge is 0.417 e. The van der Waals surface area contributed by atoms with Crippen LogP contribution in [0, 0.1) is 0 Å². The molecule has 0 aliphatic heterocycles. The van der Waals surface area contributed by atoms with Crippen molar-refractivity contribution in [1.29, 1.82) is 0 Å². The zero-order valence-electron chi connectivity index (χ0n) is 18.9. The highest BCUT2D eigenvalue weighted by Crippen LogP contribution is 2.32. The second-order valence-electron chi connectivity index (χ2n) is 7.67. The number of benzene rings is 1. The molecule has 0 unspecified atom stereocenters. The number of nitrogens with zero attached hydrogens (tertiary/aromatic N) is 3. The minimum atomic E-state index is -4.44. The van der Waals surface area contributed by atoms with Gasteiger partial charge in [-0.1, -0.05) is 25.5 Å². The summed E-state index contributed by atoms with van der Waals surface area (Å²) in [5.41, 5.74) is 1.53. The molecule has 34 heavy (non-hydrogen) atoms. The molecular weight excluding hydrogens is 451 g/mol. The van der Waals surface area contributed by atoms with Crippen LogP contribution in [-0.2, 0) is 30.2 Å². The minimum absolute atomic E-state index is 0.180. The zero-order valence-corrected chi connectivity index (χ0v) is 18.9. The first-order valence-corrected chi connectivity index (χ1v) is 10.8. The summed E-state index contributed by atoms with van der Waals surface area (Å²) < 4.78 is 51.1. The van der Waals surface area contributed by atoms with E-state index in [0.29, 0.717) is 42.3 Å². The van der Waals surface area contributed by atoms with Crippen molar-refractivity contribution in [3.8, 4) is 17.3 Å². The Kier molecular flexibility index (Phi) is 8.14. The summed E-state index contributed by atoms with van der Waals surface area (Å²) in [5, 5.41) is 13.7. The number of para-hydroxylation sites is 1. The Labute approximate surface area is 195 Å². The third-order valence-corrected chi connectivity index (χ3v) is 5.13. The van der Waals surface area contributed by atoms with E-state index >= 15 is 0 Å². The fraction of sp³-hybridized carbons (Fsp3) is 0.375. The molecule has 2 aromatic heterocycles. The molecule has 0 radical (unpaired) electrons. The second kappa shape index (κ2) is 11.0. The van der Waals surface area contributed by atoms with Crippen LogP contribution < -0.4 is 9.47 Å². The third-order valence-electron chi connectivity index (χ3n) is 5.13. The number of hydrogen-bond acceptors (Lipinski definition) is 5. The van der Waals surface area contributed by atoms with Crippen LogP contribution in [0.25, 0.3) is 5.82 Å². The molecule has 0 saturated carbocycles. The highest BCUT2D eigenvalue weighted by molar-refractivity contribution is 5.72. The van der Waals surface area contributed by atoms with Crippen molar-refractivity contribution < 1.29 is 32.5 Å². The summed E-state index contributed by atoms with van der Waals surface area (Å²) in [4.78, 5) is 15.1.